The van der Waals surface area contributed by atoms with Gasteiger partial charge in [0, 0.05) is 17.3 Å². The van der Waals surface area contributed by atoms with E-state index in [1.165, 1.54) is 0 Å². The second-order valence-electron chi connectivity index (χ2n) is 5.19. The third-order valence-corrected chi connectivity index (χ3v) is 3.26. The van der Waals surface area contributed by atoms with E-state index < -0.39 is 0 Å². The van der Waals surface area contributed by atoms with E-state index in [2.05, 4.69) is 10.6 Å². The Labute approximate surface area is 122 Å². The molecule has 1 heterocycles. The highest BCUT2D eigenvalue weighted by Gasteiger charge is 2.23. The first-order valence-electron chi connectivity index (χ1n) is 6.90. The molecule has 0 radical (unpaired) electrons. The van der Waals surface area contributed by atoms with E-state index in [-0.39, 0.29) is 17.6 Å². The van der Waals surface area contributed by atoms with Crippen molar-refractivity contribution in [2.45, 2.75) is 25.8 Å². The molecule has 0 spiro atoms. The molecule has 1 fully saturated rings. The smallest absolute Gasteiger partial charge is 0.291 e. The van der Waals surface area contributed by atoms with Crippen LogP contribution >= 0.6 is 0 Å². The average molecular weight is 284 g/mol. The summed E-state index contributed by atoms with van der Waals surface area (Å²) in [4.78, 5) is 24.0. The lowest BCUT2D eigenvalue weighted by atomic mass is 10.2. The summed E-state index contributed by atoms with van der Waals surface area (Å²) in [7, 11) is 0. The number of hydrogen-bond donors (Lipinski definition) is 2. The number of furan rings is 1. The topological polar surface area (TPSA) is 71.3 Å². The van der Waals surface area contributed by atoms with Crippen LogP contribution in [-0.4, -0.2) is 17.9 Å². The number of carbonyl (C=O) groups excluding carboxylic acids is 2. The van der Waals surface area contributed by atoms with Gasteiger partial charge < -0.3 is 15.1 Å². The first-order chi connectivity index (χ1) is 10.1. The van der Waals surface area contributed by atoms with Gasteiger partial charge in [0.05, 0.1) is 0 Å². The maximum atomic E-state index is 12.0. The van der Waals surface area contributed by atoms with Crippen molar-refractivity contribution in [3.63, 3.8) is 0 Å². The molecular weight excluding hydrogens is 268 g/mol. The van der Waals surface area contributed by atoms with Gasteiger partial charge in [-0.2, -0.15) is 0 Å². The van der Waals surface area contributed by atoms with Crippen molar-refractivity contribution in [3.05, 3.63) is 53.5 Å². The lowest BCUT2D eigenvalue weighted by Crippen LogP contribution is -2.25. The number of hydrogen-bond acceptors (Lipinski definition) is 3. The van der Waals surface area contributed by atoms with Crippen LogP contribution in [0.3, 0.4) is 0 Å². The van der Waals surface area contributed by atoms with Crippen LogP contribution in [-0.2, 0) is 0 Å². The molecule has 0 saturated heterocycles. The van der Waals surface area contributed by atoms with Gasteiger partial charge >= 0.3 is 0 Å². The molecule has 108 valence electrons. The van der Waals surface area contributed by atoms with Crippen LogP contribution in [0.5, 0.6) is 0 Å². The quantitative estimate of drug-likeness (QED) is 0.906. The molecule has 0 aliphatic heterocycles. The third kappa shape index (κ3) is 3.31. The van der Waals surface area contributed by atoms with Gasteiger partial charge in [0.15, 0.2) is 5.76 Å². The highest BCUT2D eigenvalue weighted by Crippen LogP contribution is 2.20. The molecule has 0 bridgehead atoms. The van der Waals surface area contributed by atoms with Crippen LogP contribution in [0.25, 0.3) is 0 Å². The minimum atomic E-state index is -0.331. The number of anilines is 1. The van der Waals surface area contributed by atoms with Crippen LogP contribution in [0, 0.1) is 6.92 Å². The Hall–Kier alpha value is -2.56. The summed E-state index contributed by atoms with van der Waals surface area (Å²) in [6.07, 6.45) is 2.08. The summed E-state index contributed by atoms with van der Waals surface area (Å²) >= 11 is 0. The average Bonchev–Trinajstić information content (AvgIpc) is 3.17. The van der Waals surface area contributed by atoms with Crippen molar-refractivity contribution in [2.24, 2.45) is 0 Å². The summed E-state index contributed by atoms with van der Waals surface area (Å²) < 4.78 is 5.26. The minimum absolute atomic E-state index is 0.109. The van der Waals surface area contributed by atoms with Crippen LogP contribution < -0.4 is 10.6 Å². The summed E-state index contributed by atoms with van der Waals surface area (Å²) in [5.74, 6) is 0.489. The number of amides is 2. The van der Waals surface area contributed by atoms with Crippen molar-refractivity contribution < 1.29 is 14.0 Å². The zero-order valence-corrected chi connectivity index (χ0v) is 11.7. The number of benzene rings is 1. The predicted molar refractivity (Wildman–Crippen MR) is 78.3 cm³/mol. The minimum Gasteiger partial charge on any atom is -0.456 e. The van der Waals surface area contributed by atoms with Gasteiger partial charge in [-0.05, 0) is 50.1 Å². The van der Waals surface area contributed by atoms with Gasteiger partial charge in [0.25, 0.3) is 11.8 Å². The summed E-state index contributed by atoms with van der Waals surface area (Å²) in [5, 5.41) is 5.64. The van der Waals surface area contributed by atoms with Gasteiger partial charge in [0.1, 0.15) is 5.76 Å². The SMILES string of the molecule is Cc1ccc(C(=O)Nc2cccc(C(=O)NC3CC3)c2)o1. The van der Waals surface area contributed by atoms with Gasteiger partial charge in [-0.3, -0.25) is 9.59 Å². The number of carbonyl (C=O) groups is 2. The number of nitrogens with one attached hydrogen (secondary N) is 2. The van der Waals surface area contributed by atoms with E-state index >= 15 is 0 Å². The largest absolute Gasteiger partial charge is 0.456 e. The van der Waals surface area contributed by atoms with Crippen molar-refractivity contribution in [1.82, 2.24) is 5.32 Å². The fourth-order valence-corrected chi connectivity index (χ4v) is 1.98. The Kier molecular flexibility index (Phi) is 3.48. The fraction of sp³-hybridized carbons (Fsp3) is 0.250. The highest BCUT2D eigenvalue weighted by molar-refractivity contribution is 6.03. The lowest BCUT2D eigenvalue weighted by molar-refractivity contribution is 0.0949. The zero-order chi connectivity index (χ0) is 14.8. The molecule has 1 aromatic heterocycles. The van der Waals surface area contributed by atoms with E-state index in [4.69, 9.17) is 4.42 Å². The van der Waals surface area contributed by atoms with Crippen molar-refractivity contribution in [3.8, 4) is 0 Å². The second-order valence-corrected chi connectivity index (χ2v) is 5.19. The zero-order valence-electron chi connectivity index (χ0n) is 11.7. The van der Waals surface area contributed by atoms with Gasteiger partial charge in [0.2, 0.25) is 0 Å². The molecule has 5 heteroatoms. The van der Waals surface area contributed by atoms with Gasteiger partial charge in [-0.25, -0.2) is 0 Å². The summed E-state index contributed by atoms with van der Waals surface area (Å²) in [6, 6.07) is 10.5. The van der Waals surface area contributed by atoms with Crippen molar-refractivity contribution >= 4 is 17.5 Å². The Balaban J connectivity index is 1.70. The molecule has 2 N–H and O–H groups in total. The fourth-order valence-electron chi connectivity index (χ4n) is 1.98. The van der Waals surface area contributed by atoms with Crippen LogP contribution in [0.15, 0.2) is 40.8 Å². The van der Waals surface area contributed by atoms with E-state index in [0.29, 0.717) is 23.1 Å². The normalized spacial score (nSPS) is 13.8. The molecule has 1 saturated carbocycles. The van der Waals surface area contributed by atoms with Gasteiger partial charge in [-0.1, -0.05) is 6.07 Å². The Bertz CT molecular complexity index is 686. The molecule has 21 heavy (non-hydrogen) atoms. The molecule has 0 unspecified atom stereocenters. The molecule has 2 amide bonds. The molecule has 0 atom stereocenters. The molecule has 5 nitrogen and oxygen atoms in total. The van der Waals surface area contributed by atoms with Crippen molar-refractivity contribution in [1.29, 1.82) is 0 Å². The first kappa shape index (κ1) is 13.4. The maximum absolute atomic E-state index is 12.0. The molecule has 1 aliphatic carbocycles. The lowest BCUT2D eigenvalue weighted by Gasteiger charge is -2.07. The summed E-state index contributed by atoms with van der Waals surface area (Å²) in [6.45, 7) is 1.78. The Morgan fingerprint density at radius 1 is 1.14 bits per heavy atom. The monoisotopic (exact) mass is 284 g/mol. The van der Waals surface area contributed by atoms with E-state index in [1.54, 1.807) is 43.3 Å². The number of rotatable bonds is 4. The van der Waals surface area contributed by atoms with E-state index in [1.807, 2.05) is 0 Å². The molecule has 2 aromatic rings. The molecule has 3 rings (SSSR count). The first-order valence-corrected chi connectivity index (χ1v) is 6.90. The van der Waals surface area contributed by atoms with Gasteiger partial charge in [-0.15, -0.1) is 0 Å². The predicted octanol–water partition coefficient (Wildman–Crippen LogP) is 2.73. The van der Waals surface area contributed by atoms with Crippen LogP contribution in [0.4, 0.5) is 5.69 Å². The third-order valence-electron chi connectivity index (χ3n) is 3.26. The number of aryl methyl sites for hydroxylation is 1. The Morgan fingerprint density at radius 2 is 1.95 bits per heavy atom. The maximum Gasteiger partial charge on any atom is 0.291 e. The highest BCUT2D eigenvalue weighted by atomic mass is 16.3. The molecular formula is C16H16N2O3. The van der Waals surface area contributed by atoms with Crippen LogP contribution in [0.2, 0.25) is 0 Å². The van der Waals surface area contributed by atoms with E-state index in [9.17, 15) is 9.59 Å². The summed E-state index contributed by atoms with van der Waals surface area (Å²) in [5.41, 5.74) is 1.10. The standard InChI is InChI=1S/C16H16N2O3/c1-10-5-8-14(21-10)16(20)18-13-4-2-3-11(9-13)15(19)17-12-6-7-12/h2-5,8-9,12H,6-7H2,1H3,(H,17,19)(H,18,20). The van der Waals surface area contributed by atoms with Crippen LogP contribution in [0.1, 0.15) is 39.5 Å². The molecule has 1 aliphatic rings. The van der Waals surface area contributed by atoms with E-state index in [0.717, 1.165) is 12.8 Å². The molecule has 1 aromatic carbocycles. The second kappa shape index (κ2) is 5.44. The Morgan fingerprint density at radius 3 is 2.62 bits per heavy atom. The van der Waals surface area contributed by atoms with Crippen molar-refractivity contribution in [2.75, 3.05) is 5.32 Å².